The lowest BCUT2D eigenvalue weighted by Gasteiger charge is -2.04. The van der Waals surface area contributed by atoms with Crippen LogP contribution < -0.4 is 0 Å². The van der Waals surface area contributed by atoms with Gasteiger partial charge in [-0.2, -0.15) is 0 Å². The minimum absolute atomic E-state index is 0.756. The maximum Gasteiger partial charge on any atom is 0.146 e. The van der Waals surface area contributed by atoms with Gasteiger partial charge >= 0.3 is 0 Å². The molecule has 4 aromatic rings. The number of rotatable bonds is 4. The number of aryl methyl sites for hydroxylation is 1. The molecule has 0 bridgehead atoms. The predicted octanol–water partition coefficient (Wildman–Crippen LogP) is 4.75. The third-order valence-corrected chi connectivity index (χ3v) is 5.49. The van der Waals surface area contributed by atoms with Crippen molar-refractivity contribution in [3.63, 3.8) is 0 Å². The van der Waals surface area contributed by atoms with Crippen LogP contribution in [0, 0.1) is 6.92 Å². The summed E-state index contributed by atoms with van der Waals surface area (Å²) in [5.41, 5.74) is 3.93. The van der Waals surface area contributed by atoms with Gasteiger partial charge in [-0.15, -0.1) is 21.5 Å². The van der Waals surface area contributed by atoms with Gasteiger partial charge in [0.1, 0.15) is 16.2 Å². The summed E-state index contributed by atoms with van der Waals surface area (Å²) in [6.07, 6.45) is 1.81. The Morgan fingerprint density at radius 1 is 1.00 bits per heavy atom. The van der Waals surface area contributed by atoms with Gasteiger partial charge in [0.15, 0.2) is 0 Å². The Labute approximate surface area is 148 Å². The standard InChI is InChI=1S/C18H14N4S2/c1-12-20-16-17(24-12)15(13-7-3-2-4-8-13)21-22-18(16)23-11-14-9-5-6-10-19-14/h2-10H,11H2,1H3. The van der Waals surface area contributed by atoms with Crippen molar-refractivity contribution in [3.8, 4) is 11.3 Å². The normalized spacial score (nSPS) is 11.0. The van der Waals surface area contributed by atoms with Crippen LogP contribution in [-0.4, -0.2) is 20.2 Å². The van der Waals surface area contributed by atoms with Gasteiger partial charge in [0.25, 0.3) is 0 Å². The summed E-state index contributed by atoms with van der Waals surface area (Å²) in [6.45, 7) is 2.02. The molecule has 118 valence electrons. The van der Waals surface area contributed by atoms with Crippen molar-refractivity contribution in [2.45, 2.75) is 17.7 Å². The zero-order chi connectivity index (χ0) is 16.4. The first kappa shape index (κ1) is 15.2. The van der Waals surface area contributed by atoms with Crippen LogP contribution in [0.1, 0.15) is 10.7 Å². The molecule has 6 heteroatoms. The SMILES string of the molecule is Cc1nc2c(SCc3ccccn3)nnc(-c3ccccc3)c2s1. The van der Waals surface area contributed by atoms with Crippen molar-refractivity contribution in [2.75, 3.05) is 0 Å². The number of benzene rings is 1. The van der Waals surface area contributed by atoms with Crippen molar-refractivity contribution in [1.29, 1.82) is 0 Å². The van der Waals surface area contributed by atoms with Gasteiger partial charge in [-0.3, -0.25) is 4.98 Å². The topological polar surface area (TPSA) is 51.6 Å². The third-order valence-electron chi connectivity index (χ3n) is 3.52. The predicted molar refractivity (Wildman–Crippen MR) is 99.2 cm³/mol. The number of hydrogen-bond acceptors (Lipinski definition) is 6. The van der Waals surface area contributed by atoms with Crippen molar-refractivity contribution in [3.05, 3.63) is 65.4 Å². The molecule has 0 spiro atoms. The van der Waals surface area contributed by atoms with Crippen LogP contribution in [0.5, 0.6) is 0 Å². The maximum atomic E-state index is 4.69. The largest absolute Gasteiger partial charge is 0.260 e. The first-order valence-electron chi connectivity index (χ1n) is 7.53. The lowest BCUT2D eigenvalue weighted by molar-refractivity contribution is 0.954. The van der Waals surface area contributed by atoms with Crippen LogP contribution in [0.15, 0.2) is 59.8 Å². The van der Waals surface area contributed by atoms with Crippen molar-refractivity contribution in [1.82, 2.24) is 20.2 Å². The molecule has 0 fully saturated rings. The zero-order valence-electron chi connectivity index (χ0n) is 13.0. The van der Waals surface area contributed by atoms with Gasteiger partial charge < -0.3 is 0 Å². The Bertz CT molecular complexity index is 968. The minimum Gasteiger partial charge on any atom is -0.260 e. The number of nitrogens with zero attached hydrogens (tertiary/aromatic N) is 4. The second-order valence-corrected chi connectivity index (χ2v) is 7.41. The molecular formula is C18H14N4S2. The van der Waals surface area contributed by atoms with E-state index in [9.17, 15) is 0 Å². The number of pyridine rings is 1. The van der Waals surface area contributed by atoms with Crippen molar-refractivity contribution in [2.24, 2.45) is 0 Å². The van der Waals surface area contributed by atoms with E-state index < -0.39 is 0 Å². The molecule has 3 aromatic heterocycles. The number of fused-ring (bicyclic) bond motifs is 1. The maximum absolute atomic E-state index is 4.69. The Kier molecular flexibility index (Phi) is 4.23. The second kappa shape index (κ2) is 6.67. The summed E-state index contributed by atoms with van der Waals surface area (Å²) < 4.78 is 1.09. The first-order valence-corrected chi connectivity index (χ1v) is 9.33. The molecule has 0 unspecified atom stereocenters. The van der Waals surface area contributed by atoms with Gasteiger partial charge in [0, 0.05) is 17.5 Å². The Morgan fingerprint density at radius 2 is 1.83 bits per heavy atom. The van der Waals surface area contributed by atoms with E-state index in [1.54, 1.807) is 23.1 Å². The zero-order valence-corrected chi connectivity index (χ0v) is 14.6. The van der Waals surface area contributed by atoms with E-state index in [0.29, 0.717) is 0 Å². The molecule has 24 heavy (non-hydrogen) atoms. The summed E-state index contributed by atoms with van der Waals surface area (Å²) in [5.74, 6) is 0.756. The fourth-order valence-electron chi connectivity index (χ4n) is 2.43. The Morgan fingerprint density at radius 3 is 2.62 bits per heavy atom. The van der Waals surface area contributed by atoms with Gasteiger partial charge in [-0.05, 0) is 19.1 Å². The molecule has 3 heterocycles. The first-order chi connectivity index (χ1) is 11.8. The van der Waals surface area contributed by atoms with Crippen LogP contribution in [0.2, 0.25) is 0 Å². The van der Waals surface area contributed by atoms with Gasteiger partial charge in [0.05, 0.1) is 15.4 Å². The molecule has 4 nitrogen and oxygen atoms in total. The monoisotopic (exact) mass is 350 g/mol. The van der Waals surface area contributed by atoms with Gasteiger partial charge in [-0.25, -0.2) is 4.98 Å². The van der Waals surface area contributed by atoms with E-state index in [4.69, 9.17) is 0 Å². The van der Waals surface area contributed by atoms with E-state index >= 15 is 0 Å². The van der Waals surface area contributed by atoms with Crippen molar-refractivity contribution >= 4 is 33.3 Å². The second-order valence-electron chi connectivity index (χ2n) is 5.24. The van der Waals surface area contributed by atoms with E-state index in [-0.39, 0.29) is 0 Å². The lowest BCUT2D eigenvalue weighted by Crippen LogP contribution is -1.93. The van der Waals surface area contributed by atoms with Crippen LogP contribution in [0.25, 0.3) is 21.5 Å². The molecule has 0 saturated carbocycles. The quantitative estimate of drug-likeness (QED) is 0.497. The number of thioether (sulfide) groups is 1. The molecule has 0 amide bonds. The van der Waals surface area contributed by atoms with E-state index in [0.717, 1.165) is 43.0 Å². The molecule has 0 aliphatic heterocycles. The molecule has 0 N–H and O–H groups in total. The van der Waals surface area contributed by atoms with E-state index in [2.05, 4.69) is 32.3 Å². The van der Waals surface area contributed by atoms with Crippen LogP contribution >= 0.6 is 23.1 Å². The number of aromatic nitrogens is 4. The number of hydrogen-bond donors (Lipinski definition) is 0. The average Bonchev–Trinajstić information content (AvgIpc) is 3.03. The molecule has 0 aliphatic carbocycles. The highest BCUT2D eigenvalue weighted by molar-refractivity contribution is 7.98. The van der Waals surface area contributed by atoms with E-state index in [1.807, 2.05) is 49.5 Å². The highest BCUT2D eigenvalue weighted by Gasteiger charge is 2.15. The average molecular weight is 350 g/mol. The summed E-state index contributed by atoms with van der Waals surface area (Å²) in [7, 11) is 0. The highest BCUT2D eigenvalue weighted by Crippen LogP contribution is 2.35. The number of thiazole rings is 1. The van der Waals surface area contributed by atoms with Gasteiger partial charge in [-0.1, -0.05) is 48.2 Å². The molecule has 4 rings (SSSR count). The van der Waals surface area contributed by atoms with E-state index in [1.165, 1.54) is 0 Å². The summed E-state index contributed by atoms with van der Waals surface area (Å²) in [5, 5.41) is 10.8. The lowest BCUT2D eigenvalue weighted by atomic mass is 10.1. The minimum atomic E-state index is 0.756. The molecule has 0 saturated heterocycles. The van der Waals surface area contributed by atoms with Crippen LogP contribution in [0.3, 0.4) is 0 Å². The Hall–Kier alpha value is -2.31. The highest BCUT2D eigenvalue weighted by atomic mass is 32.2. The smallest absolute Gasteiger partial charge is 0.146 e. The van der Waals surface area contributed by atoms with Gasteiger partial charge in [0.2, 0.25) is 0 Å². The fourth-order valence-corrected chi connectivity index (χ4v) is 4.26. The van der Waals surface area contributed by atoms with Crippen LogP contribution in [0.4, 0.5) is 0 Å². The molecule has 0 atom stereocenters. The summed E-state index contributed by atoms with van der Waals surface area (Å²) in [4.78, 5) is 9.04. The molecule has 1 aromatic carbocycles. The fraction of sp³-hybridized carbons (Fsp3) is 0.111. The summed E-state index contributed by atoms with van der Waals surface area (Å²) >= 11 is 3.30. The third kappa shape index (κ3) is 3.02. The molecule has 0 aliphatic rings. The summed E-state index contributed by atoms with van der Waals surface area (Å²) in [6, 6.07) is 16.1. The van der Waals surface area contributed by atoms with Crippen molar-refractivity contribution < 1.29 is 0 Å². The van der Waals surface area contributed by atoms with Crippen LogP contribution in [-0.2, 0) is 5.75 Å². The molecular weight excluding hydrogens is 336 g/mol. The Balaban J connectivity index is 1.73. The molecule has 0 radical (unpaired) electrons.